The van der Waals surface area contributed by atoms with Gasteiger partial charge in [-0.1, -0.05) is 0 Å². The summed E-state index contributed by atoms with van der Waals surface area (Å²) in [6, 6.07) is 5.97. The highest BCUT2D eigenvalue weighted by Gasteiger charge is 2.54. The van der Waals surface area contributed by atoms with Crippen molar-refractivity contribution in [2.75, 3.05) is 31.1 Å². The minimum absolute atomic E-state index is 0.0524. The van der Waals surface area contributed by atoms with Crippen LogP contribution in [-0.2, 0) is 15.7 Å². The van der Waals surface area contributed by atoms with Gasteiger partial charge in [0.1, 0.15) is 5.50 Å². The van der Waals surface area contributed by atoms with E-state index in [9.17, 15) is 18.0 Å². The van der Waals surface area contributed by atoms with Crippen molar-refractivity contribution in [1.29, 1.82) is 5.26 Å². The van der Waals surface area contributed by atoms with Gasteiger partial charge >= 0.3 is 6.18 Å². The first-order valence-electron chi connectivity index (χ1n) is 13.3. The quantitative estimate of drug-likeness (QED) is 0.514. The van der Waals surface area contributed by atoms with Gasteiger partial charge in [-0.25, -0.2) is 0 Å². The summed E-state index contributed by atoms with van der Waals surface area (Å²) in [5.74, 6) is -0.312. The minimum atomic E-state index is -4.70. The zero-order valence-electron chi connectivity index (χ0n) is 22.5. The molecule has 0 aromatic heterocycles. The summed E-state index contributed by atoms with van der Waals surface area (Å²) >= 11 is 4.73. The highest BCUT2D eigenvalue weighted by Crippen LogP contribution is 2.43. The lowest BCUT2D eigenvalue weighted by Crippen LogP contribution is -2.54. The number of nitriles is 1. The number of ether oxygens (including phenoxy) is 1. The van der Waals surface area contributed by atoms with Crippen LogP contribution in [0.25, 0.3) is 0 Å². The maximum atomic E-state index is 13.6. The Bertz CT molecular complexity index is 1040. The standard InChI is InChI=1S/C27H38F3N5O2S/c1-17-15-33(16-18(2)32-17)11-12-37-22-9-7-20(8-10-22)35-25(38)34(24(36)26(35,3)4)21-6-5-19(14-31)23(13-21)27(28,29)30/h5-6,13,17-18,20,22,25,32,38H,7-12,15-16H2,1-4H3/t17-,18+,20?,22?,25?. The number of hydrogen-bond donors (Lipinski definition) is 2. The first kappa shape index (κ1) is 29.2. The lowest BCUT2D eigenvalue weighted by atomic mass is 9.89. The average molecular weight is 554 g/mol. The Labute approximate surface area is 228 Å². The fourth-order valence-corrected chi connectivity index (χ4v) is 7.01. The van der Waals surface area contributed by atoms with Gasteiger partial charge in [-0.2, -0.15) is 18.4 Å². The number of halogens is 3. The van der Waals surface area contributed by atoms with Gasteiger partial charge in [0.15, 0.2) is 0 Å². The van der Waals surface area contributed by atoms with Gasteiger partial charge in [-0.15, -0.1) is 12.6 Å². The summed E-state index contributed by atoms with van der Waals surface area (Å²) in [6.07, 6.45) is -1.20. The first-order valence-corrected chi connectivity index (χ1v) is 13.9. The van der Waals surface area contributed by atoms with Crippen LogP contribution in [0.3, 0.4) is 0 Å². The molecular weight excluding hydrogens is 515 g/mol. The van der Waals surface area contributed by atoms with Gasteiger partial charge in [0.2, 0.25) is 5.91 Å². The Morgan fingerprint density at radius 3 is 2.37 bits per heavy atom. The van der Waals surface area contributed by atoms with Gasteiger partial charge in [0, 0.05) is 43.4 Å². The maximum Gasteiger partial charge on any atom is 0.417 e. The molecule has 210 valence electrons. The molecule has 1 aromatic rings. The molecule has 1 saturated carbocycles. The molecule has 11 heteroatoms. The Balaban J connectivity index is 1.39. The van der Waals surface area contributed by atoms with Crippen molar-refractivity contribution in [3.05, 3.63) is 29.3 Å². The SMILES string of the molecule is C[C@@H]1CN(CCOC2CCC(N3C(S)N(c4ccc(C#N)c(C(F)(F)F)c4)C(=O)C3(C)C)CC2)C[C@H](C)N1. The van der Waals surface area contributed by atoms with E-state index in [1.165, 1.54) is 11.0 Å². The number of carbonyl (C=O) groups excluding carboxylic acids is 1. The molecule has 1 unspecified atom stereocenters. The van der Waals surface area contributed by atoms with E-state index >= 15 is 0 Å². The molecule has 2 aliphatic heterocycles. The number of piperazine rings is 1. The molecule has 0 spiro atoms. The summed E-state index contributed by atoms with van der Waals surface area (Å²) in [5.41, 5.74) is -3.09. The zero-order chi connectivity index (χ0) is 27.8. The monoisotopic (exact) mass is 553 g/mol. The van der Waals surface area contributed by atoms with Crippen LogP contribution < -0.4 is 10.2 Å². The van der Waals surface area contributed by atoms with E-state index in [4.69, 9.17) is 22.6 Å². The number of benzene rings is 1. The molecule has 3 atom stereocenters. The lowest BCUT2D eigenvalue weighted by molar-refractivity contribution is -0.137. The number of nitrogens with one attached hydrogen (secondary N) is 1. The van der Waals surface area contributed by atoms with Gasteiger partial charge in [-0.3, -0.25) is 19.5 Å². The molecule has 7 nitrogen and oxygen atoms in total. The van der Waals surface area contributed by atoms with E-state index < -0.39 is 28.3 Å². The third kappa shape index (κ3) is 5.99. The van der Waals surface area contributed by atoms with Crippen LogP contribution in [0.5, 0.6) is 0 Å². The second kappa shape index (κ2) is 11.3. The minimum Gasteiger partial charge on any atom is -0.377 e. The normalized spacial score (nSPS) is 31.0. The Kier molecular flexibility index (Phi) is 8.70. The van der Waals surface area contributed by atoms with Crippen LogP contribution in [0.15, 0.2) is 18.2 Å². The molecular formula is C27H38F3N5O2S. The number of nitrogens with zero attached hydrogens (tertiary/aromatic N) is 4. The molecule has 4 rings (SSSR count). The zero-order valence-corrected chi connectivity index (χ0v) is 23.4. The number of alkyl halides is 3. The van der Waals surface area contributed by atoms with E-state index in [1.807, 2.05) is 4.90 Å². The molecule has 38 heavy (non-hydrogen) atoms. The molecule has 3 aliphatic rings. The number of anilines is 1. The largest absolute Gasteiger partial charge is 0.417 e. The first-order chi connectivity index (χ1) is 17.8. The molecule has 3 fully saturated rings. The van der Waals surface area contributed by atoms with Crippen LogP contribution in [-0.4, -0.2) is 77.2 Å². The molecule has 1 N–H and O–H groups in total. The summed E-state index contributed by atoms with van der Waals surface area (Å²) in [6.45, 7) is 11.6. The van der Waals surface area contributed by atoms with E-state index in [0.29, 0.717) is 18.7 Å². The third-order valence-corrected chi connectivity index (χ3v) is 8.49. The van der Waals surface area contributed by atoms with Gasteiger partial charge in [0.25, 0.3) is 0 Å². The van der Waals surface area contributed by atoms with Crippen LogP contribution in [0.1, 0.15) is 64.5 Å². The second-order valence-electron chi connectivity index (χ2n) is 11.4. The smallest absolute Gasteiger partial charge is 0.377 e. The molecule has 2 saturated heterocycles. The molecule has 1 amide bonds. The third-order valence-electron chi connectivity index (χ3n) is 8.01. The summed E-state index contributed by atoms with van der Waals surface area (Å²) < 4.78 is 47.0. The molecule has 1 aliphatic carbocycles. The fraction of sp³-hybridized carbons (Fsp3) is 0.704. The van der Waals surface area contributed by atoms with Crippen LogP contribution in [0.2, 0.25) is 0 Å². The van der Waals surface area contributed by atoms with E-state index in [2.05, 4.69) is 24.1 Å². The predicted molar refractivity (Wildman–Crippen MR) is 143 cm³/mol. The van der Waals surface area contributed by atoms with Crippen molar-refractivity contribution in [3.8, 4) is 6.07 Å². The van der Waals surface area contributed by atoms with Crippen molar-refractivity contribution in [3.63, 3.8) is 0 Å². The van der Waals surface area contributed by atoms with Gasteiger partial charge in [-0.05, 0) is 71.6 Å². The van der Waals surface area contributed by atoms with Crippen molar-refractivity contribution in [1.82, 2.24) is 15.1 Å². The van der Waals surface area contributed by atoms with Gasteiger partial charge in [0.05, 0.1) is 35.4 Å². The number of thiol groups is 1. The summed E-state index contributed by atoms with van der Waals surface area (Å²) in [7, 11) is 0. The van der Waals surface area contributed by atoms with Crippen molar-refractivity contribution >= 4 is 24.2 Å². The topological polar surface area (TPSA) is 71.8 Å². The summed E-state index contributed by atoms with van der Waals surface area (Å²) in [4.78, 5) is 19.2. The Hall–Kier alpha value is -1.84. The van der Waals surface area contributed by atoms with Crippen LogP contribution in [0.4, 0.5) is 18.9 Å². The summed E-state index contributed by atoms with van der Waals surface area (Å²) in [5, 5.41) is 12.7. The second-order valence-corrected chi connectivity index (χ2v) is 11.8. The Morgan fingerprint density at radius 1 is 1.16 bits per heavy atom. The van der Waals surface area contributed by atoms with Gasteiger partial charge < -0.3 is 10.1 Å². The number of rotatable bonds is 6. The van der Waals surface area contributed by atoms with Crippen molar-refractivity contribution < 1.29 is 22.7 Å². The Morgan fingerprint density at radius 2 is 1.79 bits per heavy atom. The van der Waals surface area contributed by atoms with E-state index in [0.717, 1.165) is 57.5 Å². The lowest BCUT2D eigenvalue weighted by Gasteiger charge is -2.42. The fourth-order valence-electron chi connectivity index (χ4n) is 6.29. The van der Waals surface area contributed by atoms with E-state index in [-0.39, 0.29) is 23.7 Å². The number of amides is 1. The molecule has 0 radical (unpaired) electrons. The average Bonchev–Trinajstić information content (AvgIpc) is 3.01. The molecule has 0 bridgehead atoms. The van der Waals surface area contributed by atoms with Crippen LogP contribution in [0, 0.1) is 11.3 Å². The van der Waals surface area contributed by atoms with E-state index in [1.54, 1.807) is 19.9 Å². The molecule has 2 heterocycles. The highest BCUT2D eigenvalue weighted by atomic mass is 32.1. The number of hydrogen-bond acceptors (Lipinski definition) is 7. The molecule has 1 aromatic carbocycles. The predicted octanol–water partition coefficient (Wildman–Crippen LogP) is 4.23. The van der Waals surface area contributed by atoms with Crippen molar-refractivity contribution in [2.24, 2.45) is 0 Å². The highest BCUT2D eigenvalue weighted by molar-refractivity contribution is 7.81. The van der Waals surface area contributed by atoms with Crippen molar-refractivity contribution in [2.45, 2.75) is 94.8 Å². The number of carbonyl (C=O) groups is 1. The maximum absolute atomic E-state index is 13.6. The van der Waals surface area contributed by atoms with Crippen LogP contribution >= 0.6 is 12.6 Å².